The first-order valence-electron chi connectivity index (χ1n) is 8.45. The molecule has 29 heavy (non-hydrogen) atoms. The third kappa shape index (κ3) is 5.43. The molecule has 3 rings (SSSR count). The fraction of sp³-hybridized carbons (Fsp3) is 0. The second-order valence-electron chi connectivity index (χ2n) is 5.98. The van der Waals surface area contributed by atoms with E-state index in [0.29, 0.717) is 22.4 Å². The quantitative estimate of drug-likeness (QED) is 0.347. The Balaban J connectivity index is 1.65. The molecule has 8 heteroatoms. The van der Waals surface area contributed by atoms with E-state index in [-0.39, 0.29) is 17.4 Å². The molecule has 0 saturated heterocycles. The Morgan fingerprint density at radius 1 is 0.897 bits per heavy atom. The molecule has 0 aliphatic carbocycles. The number of halogens is 1. The molecule has 0 spiro atoms. The number of carbonyl (C=O) groups excluding carboxylic acids is 2. The molecule has 3 aromatic rings. The number of anilines is 1. The van der Waals surface area contributed by atoms with E-state index in [1.54, 1.807) is 42.5 Å². The summed E-state index contributed by atoms with van der Waals surface area (Å²) in [5.41, 5.74) is 3.93. The van der Waals surface area contributed by atoms with Crippen LogP contribution in [0.4, 0.5) is 5.69 Å². The highest BCUT2D eigenvalue weighted by molar-refractivity contribution is 9.10. The second kappa shape index (κ2) is 9.03. The molecule has 0 radical (unpaired) electrons. The number of hydrogen-bond donors (Lipinski definition) is 4. The Morgan fingerprint density at radius 3 is 2.38 bits per heavy atom. The van der Waals surface area contributed by atoms with Gasteiger partial charge in [0, 0.05) is 32.9 Å². The summed E-state index contributed by atoms with van der Waals surface area (Å²) in [5.74, 6) is -1.03. The molecule has 0 unspecified atom stereocenters. The van der Waals surface area contributed by atoms with Crippen molar-refractivity contribution in [2.45, 2.75) is 0 Å². The summed E-state index contributed by atoms with van der Waals surface area (Å²) in [6.07, 6.45) is 1.26. The van der Waals surface area contributed by atoms with Gasteiger partial charge in [-0.3, -0.25) is 9.59 Å². The highest BCUT2D eigenvalue weighted by atomic mass is 79.9. The largest absolute Gasteiger partial charge is 0.508 e. The maximum Gasteiger partial charge on any atom is 0.271 e. The van der Waals surface area contributed by atoms with Crippen molar-refractivity contribution in [3.05, 3.63) is 87.9 Å². The van der Waals surface area contributed by atoms with E-state index in [9.17, 15) is 19.8 Å². The van der Waals surface area contributed by atoms with E-state index in [1.807, 2.05) is 0 Å². The van der Waals surface area contributed by atoms with Crippen LogP contribution in [0.25, 0.3) is 0 Å². The lowest BCUT2D eigenvalue weighted by Gasteiger charge is -2.07. The van der Waals surface area contributed by atoms with Crippen LogP contribution >= 0.6 is 15.9 Å². The molecule has 7 nitrogen and oxygen atoms in total. The molecular weight excluding hydrogens is 438 g/mol. The first-order valence-corrected chi connectivity index (χ1v) is 9.24. The van der Waals surface area contributed by atoms with Crippen LogP contribution in [-0.4, -0.2) is 28.2 Å². The molecule has 0 aliphatic heterocycles. The van der Waals surface area contributed by atoms with Crippen LogP contribution < -0.4 is 10.7 Å². The molecule has 0 saturated carbocycles. The summed E-state index contributed by atoms with van der Waals surface area (Å²) in [7, 11) is 0. The van der Waals surface area contributed by atoms with Crippen molar-refractivity contribution in [1.82, 2.24) is 5.43 Å². The topological polar surface area (TPSA) is 111 Å². The van der Waals surface area contributed by atoms with Gasteiger partial charge in [0.25, 0.3) is 11.8 Å². The number of hydrazone groups is 1. The Labute approximate surface area is 174 Å². The summed E-state index contributed by atoms with van der Waals surface area (Å²) in [6.45, 7) is 0. The molecule has 0 aliphatic rings. The van der Waals surface area contributed by atoms with Crippen LogP contribution in [0.5, 0.6) is 11.5 Å². The fourth-order valence-corrected chi connectivity index (χ4v) is 2.67. The predicted octanol–water partition coefficient (Wildman–Crippen LogP) is 3.88. The van der Waals surface area contributed by atoms with Gasteiger partial charge in [-0.25, -0.2) is 5.43 Å². The molecule has 2 amide bonds. The lowest BCUT2D eigenvalue weighted by atomic mass is 10.1. The normalized spacial score (nSPS) is 10.7. The molecule has 4 N–H and O–H groups in total. The number of phenolic OH excluding ortho intramolecular Hbond substituents is 2. The van der Waals surface area contributed by atoms with Crippen molar-refractivity contribution in [2.24, 2.45) is 5.10 Å². The van der Waals surface area contributed by atoms with E-state index in [2.05, 4.69) is 31.8 Å². The monoisotopic (exact) mass is 453 g/mol. The zero-order valence-corrected chi connectivity index (χ0v) is 16.6. The number of phenols is 2. The van der Waals surface area contributed by atoms with Gasteiger partial charge < -0.3 is 15.5 Å². The van der Waals surface area contributed by atoms with Gasteiger partial charge in [-0.05, 0) is 54.6 Å². The van der Waals surface area contributed by atoms with Gasteiger partial charge in [0.15, 0.2) is 0 Å². The number of rotatable bonds is 5. The highest BCUT2D eigenvalue weighted by Gasteiger charge is 2.09. The maximum absolute atomic E-state index is 12.3. The van der Waals surface area contributed by atoms with Gasteiger partial charge in [0.05, 0.1) is 6.21 Å². The van der Waals surface area contributed by atoms with E-state index < -0.39 is 5.91 Å². The van der Waals surface area contributed by atoms with Crippen molar-refractivity contribution in [3.8, 4) is 11.5 Å². The maximum atomic E-state index is 12.3. The zero-order valence-electron chi connectivity index (χ0n) is 15.0. The summed E-state index contributed by atoms with van der Waals surface area (Å²) >= 11 is 3.32. The van der Waals surface area contributed by atoms with Gasteiger partial charge in [0.1, 0.15) is 11.5 Å². The number of nitrogens with one attached hydrogen (secondary N) is 2. The van der Waals surface area contributed by atoms with E-state index in [0.717, 1.165) is 4.47 Å². The molecule has 0 fully saturated rings. The van der Waals surface area contributed by atoms with Crippen LogP contribution in [0, 0.1) is 0 Å². The van der Waals surface area contributed by atoms with Crippen molar-refractivity contribution >= 4 is 39.6 Å². The number of amides is 2. The van der Waals surface area contributed by atoms with Gasteiger partial charge in [-0.1, -0.05) is 22.0 Å². The van der Waals surface area contributed by atoms with Crippen LogP contribution in [0.3, 0.4) is 0 Å². The Bertz CT molecular complexity index is 1080. The SMILES string of the molecule is O=C(NN=Cc1ccc(O)cc1O)c1cccc(NC(=O)c2ccc(Br)cc2)c1. The molecule has 146 valence electrons. The minimum Gasteiger partial charge on any atom is -0.508 e. The minimum atomic E-state index is -0.487. The smallest absolute Gasteiger partial charge is 0.271 e. The average molecular weight is 454 g/mol. The number of nitrogens with zero attached hydrogens (tertiary/aromatic N) is 1. The number of carbonyl (C=O) groups is 2. The molecule has 3 aromatic carbocycles. The second-order valence-corrected chi connectivity index (χ2v) is 6.90. The van der Waals surface area contributed by atoms with Crippen molar-refractivity contribution in [2.75, 3.05) is 5.32 Å². The van der Waals surface area contributed by atoms with Gasteiger partial charge in [-0.15, -0.1) is 0 Å². The first-order chi connectivity index (χ1) is 13.9. The van der Waals surface area contributed by atoms with Crippen molar-refractivity contribution in [1.29, 1.82) is 0 Å². The predicted molar refractivity (Wildman–Crippen MR) is 113 cm³/mol. The fourth-order valence-electron chi connectivity index (χ4n) is 2.41. The lowest BCUT2D eigenvalue weighted by molar-refractivity contribution is 0.0953. The third-order valence-electron chi connectivity index (χ3n) is 3.87. The van der Waals surface area contributed by atoms with Crippen LogP contribution in [0.1, 0.15) is 26.3 Å². The Morgan fingerprint density at radius 2 is 1.66 bits per heavy atom. The third-order valence-corrected chi connectivity index (χ3v) is 4.40. The summed E-state index contributed by atoms with van der Waals surface area (Å²) in [6, 6.07) is 17.3. The summed E-state index contributed by atoms with van der Waals surface area (Å²) in [5, 5.41) is 25.5. The summed E-state index contributed by atoms with van der Waals surface area (Å²) in [4.78, 5) is 24.6. The van der Waals surface area contributed by atoms with E-state index in [1.165, 1.54) is 30.5 Å². The molecule has 0 aromatic heterocycles. The lowest BCUT2D eigenvalue weighted by Crippen LogP contribution is -2.18. The molecule has 0 atom stereocenters. The van der Waals surface area contributed by atoms with Crippen LogP contribution in [0.15, 0.2) is 76.3 Å². The van der Waals surface area contributed by atoms with E-state index >= 15 is 0 Å². The Kier molecular flexibility index (Phi) is 6.25. The van der Waals surface area contributed by atoms with Crippen molar-refractivity contribution in [3.63, 3.8) is 0 Å². The Hall–Kier alpha value is -3.65. The molecule has 0 heterocycles. The van der Waals surface area contributed by atoms with Crippen LogP contribution in [0.2, 0.25) is 0 Å². The first kappa shape index (κ1) is 20.1. The van der Waals surface area contributed by atoms with Gasteiger partial charge >= 0.3 is 0 Å². The number of aromatic hydroxyl groups is 2. The molecular formula is C21H16BrN3O4. The summed E-state index contributed by atoms with van der Waals surface area (Å²) < 4.78 is 0.869. The van der Waals surface area contributed by atoms with Gasteiger partial charge in [0.2, 0.25) is 0 Å². The van der Waals surface area contributed by atoms with Gasteiger partial charge in [-0.2, -0.15) is 5.10 Å². The van der Waals surface area contributed by atoms with Crippen molar-refractivity contribution < 1.29 is 19.8 Å². The number of benzene rings is 3. The molecule has 0 bridgehead atoms. The zero-order chi connectivity index (χ0) is 20.8. The van der Waals surface area contributed by atoms with E-state index in [4.69, 9.17) is 0 Å². The average Bonchev–Trinajstić information content (AvgIpc) is 2.70. The number of hydrogen-bond acceptors (Lipinski definition) is 5. The van der Waals surface area contributed by atoms with Crippen LogP contribution in [-0.2, 0) is 0 Å². The standard InChI is InChI=1S/C21H16BrN3O4/c22-16-7-4-13(5-8-16)20(28)24-17-3-1-2-14(10-17)21(29)25-23-12-15-6-9-18(26)11-19(15)27/h1-12,26-27H,(H,24,28)(H,25,29). The highest BCUT2D eigenvalue weighted by Crippen LogP contribution is 2.20. The minimum absolute atomic E-state index is 0.0781.